The number of aliphatic carboxylic acids is 2. The lowest BCUT2D eigenvalue weighted by molar-refractivity contribution is -0.159. The van der Waals surface area contributed by atoms with E-state index in [1.54, 1.807) is 0 Å². The predicted molar refractivity (Wildman–Crippen MR) is 35.1 cm³/mol. The van der Waals surface area contributed by atoms with Crippen LogP contribution in [0.25, 0.3) is 0 Å². The van der Waals surface area contributed by atoms with Gasteiger partial charge in [-0.2, -0.15) is 0 Å². The van der Waals surface area contributed by atoms with Gasteiger partial charge in [0.05, 0.1) is 5.92 Å². The molecule has 3 N–H and O–H groups in total. The monoisotopic (exact) mass is 162 g/mol. The van der Waals surface area contributed by atoms with Crippen molar-refractivity contribution in [3.8, 4) is 0 Å². The highest BCUT2D eigenvalue weighted by atomic mass is 16.4. The van der Waals surface area contributed by atoms with Gasteiger partial charge in [0.15, 0.2) is 6.10 Å². The summed E-state index contributed by atoms with van der Waals surface area (Å²) < 4.78 is 0. The van der Waals surface area contributed by atoms with Crippen LogP contribution in [0.2, 0.25) is 0 Å². The van der Waals surface area contributed by atoms with Gasteiger partial charge in [0, 0.05) is 0 Å². The zero-order chi connectivity index (χ0) is 9.02. The summed E-state index contributed by atoms with van der Waals surface area (Å²) in [6.07, 6.45) is -1.71. The molecule has 0 aliphatic heterocycles. The molecule has 64 valence electrons. The Morgan fingerprint density at radius 3 is 1.82 bits per heavy atom. The molecule has 2 atom stereocenters. The number of hydrogen-bond acceptors (Lipinski definition) is 3. The summed E-state index contributed by atoms with van der Waals surface area (Å²) in [4.78, 5) is 20.3. The van der Waals surface area contributed by atoms with Crippen LogP contribution in [0.15, 0.2) is 0 Å². The lowest BCUT2D eigenvalue weighted by Crippen LogP contribution is -2.34. The van der Waals surface area contributed by atoms with Crippen LogP contribution >= 0.6 is 0 Å². The number of hydrogen-bond donors (Lipinski definition) is 3. The lowest BCUT2D eigenvalue weighted by Gasteiger charge is -2.12. The minimum atomic E-state index is -1.81. The number of aliphatic hydroxyl groups is 1. The van der Waals surface area contributed by atoms with Crippen LogP contribution in [0.5, 0.6) is 0 Å². The molecule has 11 heavy (non-hydrogen) atoms. The fraction of sp³-hybridized carbons (Fsp3) is 0.667. The second-order valence-electron chi connectivity index (χ2n) is 2.14. The molecule has 5 heteroatoms. The van der Waals surface area contributed by atoms with E-state index >= 15 is 0 Å². The van der Waals surface area contributed by atoms with Gasteiger partial charge in [0.25, 0.3) is 0 Å². The largest absolute Gasteiger partial charge is 0.481 e. The van der Waals surface area contributed by atoms with E-state index in [2.05, 4.69) is 0 Å². The topological polar surface area (TPSA) is 94.8 Å². The summed E-state index contributed by atoms with van der Waals surface area (Å²) in [7, 11) is 0. The van der Waals surface area contributed by atoms with Gasteiger partial charge in [-0.15, -0.1) is 0 Å². The fourth-order valence-electron chi connectivity index (χ4n) is 0.705. The maximum absolute atomic E-state index is 10.3. The van der Waals surface area contributed by atoms with E-state index in [1.165, 1.54) is 6.92 Å². The first-order chi connectivity index (χ1) is 5.00. The highest BCUT2D eigenvalue weighted by Gasteiger charge is 2.29. The Kier molecular flexibility index (Phi) is 3.53. The van der Waals surface area contributed by atoms with Crippen molar-refractivity contribution in [2.45, 2.75) is 19.4 Å². The molecule has 0 aromatic carbocycles. The highest BCUT2D eigenvalue weighted by molar-refractivity contribution is 5.81. The van der Waals surface area contributed by atoms with Crippen molar-refractivity contribution in [2.75, 3.05) is 0 Å². The maximum atomic E-state index is 10.3. The second kappa shape index (κ2) is 3.92. The van der Waals surface area contributed by atoms with Gasteiger partial charge in [0.2, 0.25) is 0 Å². The number of carboxylic acids is 2. The van der Waals surface area contributed by atoms with E-state index in [-0.39, 0.29) is 6.42 Å². The van der Waals surface area contributed by atoms with Crippen LogP contribution in [-0.4, -0.2) is 33.4 Å². The lowest BCUT2D eigenvalue weighted by atomic mass is 10.0. The van der Waals surface area contributed by atoms with Crippen LogP contribution in [-0.2, 0) is 9.59 Å². The van der Waals surface area contributed by atoms with E-state index in [1.807, 2.05) is 0 Å². The van der Waals surface area contributed by atoms with Gasteiger partial charge < -0.3 is 15.3 Å². The molecular formula is C6H10O5. The Hall–Kier alpha value is -1.10. The molecule has 0 bridgehead atoms. The zero-order valence-electron chi connectivity index (χ0n) is 6.02. The van der Waals surface area contributed by atoms with Crippen molar-refractivity contribution in [3.05, 3.63) is 0 Å². The van der Waals surface area contributed by atoms with Crippen molar-refractivity contribution in [1.82, 2.24) is 0 Å². The first-order valence-corrected chi connectivity index (χ1v) is 3.14. The molecule has 0 aliphatic rings. The predicted octanol–water partition coefficient (Wildman–Crippen LogP) is -0.457. The van der Waals surface area contributed by atoms with Crippen LogP contribution in [0.3, 0.4) is 0 Å². The fourth-order valence-corrected chi connectivity index (χ4v) is 0.705. The molecule has 5 nitrogen and oxygen atoms in total. The second-order valence-corrected chi connectivity index (χ2v) is 2.14. The van der Waals surface area contributed by atoms with Crippen molar-refractivity contribution in [1.29, 1.82) is 0 Å². The number of rotatable bonds is 4. The average Bonchev–Trinajstić information content (AvgIpc) is 1.88. The van der Waals surface area contributed by atoms with E-state index in [0.717, 1.165) is 0 Å². The summed E-state index contributed by atoms with van der Waals surface area (Å²) in [6.45, 7) is 1.50. The van der Waals surface area contributed by atoms with E-state index in [4.69, 9.17) is 15.3 Å². The summed E-state index contributed by atoms with van der Waals surface area (Å²) >= 11 is 0. The quantitative estimate of drug-likeness (QED) is 0.520. The molecule has 1 unspecified atom stereocenters. The SMILES string of the molecule is CCC(C(=O)O)[C@@H](O)C(=O)O. The van der Waals surface area contributed by atoms with E-state index in [0.29, 0.717) is 0 Å². The number of carbonyl (C=O) groups is 2. The zero-order valence-corrected chi connectivity index (χ0v) is 6.02. The normalized spacial score (nSPS) is 15.5. The summed E-state index contributed by atoms with van der Waals surface area (Å²) in [5, 5.41) is 25.4. The Balaban J connectivity index is 4.25. The third-order valence-corrected chi connectivity index (χ3v) is 1.39. The Morgan fingerprint density at radius 2 is 1.73 bits per heavy atom. The summed E-state index contributed by atoms with van der Waals surface area (Å²) in [6, 6.07) is 0. The first-order valence-electron chi connectivity index (χ1n) is 3.14. The average molecular weight is 162 g/mol. The Morgan fingerprint density at radius 1 is 1.27 bits per heavy atom. The van der Waals surface area contributed by atoms with Gasteiger partial charge in [-0.05, 0) is 6.42 Å². The van der Waals surface area contributed by atoms with Crippen molar-refractivity contribution < 1.29 is 24.9 Å². The maximum Gasteiger partial charge on any atom is 0.333 e. The molecule has 0 fully saturated rings. The molecule has 0 saturated heterocycles. The van der Waals surface area contributed by atoms with Gasteiger partial charge in [0.1, 0.15) is 0 Å². The number of aliphatic hydroxyl groups excluding tert-OH is 1. The van der Waals surface area contributed by atoms with Crippen LogP contribution in [0.4, 0.5) is 0 Å². The van der Waals surface area contributed by atoms with Crippen molar-refractivity contribution >= 4 is 11.9 Å². The van der Waals surface area contributed by atoms with Crippen LogP contribution < -0.4 is 0 Å². The van der Waals surface area contributed by atoms with Gasteiger partial charge >= 0.3 is 11.9 Å². The van der Waals surface area contributed by atoms with Crippen molar-refractivity contribution in [3.63, 3.8) is 0 Å². The molecule has 0 amide bonds. The molecule has 0 rings (SSSR count). The number of carboxylic acid groups (broad SMARTS) is 2. The molecule has 0 aliphatic carbocycles. The molecule has 0 saturated carbocycles. The van der Waals surface area contributed by atoms with Gasteiger partial charge in [-0.3, -0.25) is 4.79 Å². The Bertz CT molecular complexity index is 164. The summed E-state index contributed by atoms with van der Waals surface area (Å²) in [5.41, 5.74) is 0. The Labute approximate surface area is 63.3 Å². The highest BCUT2D eigenvalue weighted by Crippen LogP contribution is 2.08. The molecule has 0 radical (unpaired) electrons. The smallest absolute Gasteiger partial charge is 0.333 e. The standard InChI is InChI=1S/C6H10O5/c1-2-3(5(8)9)4(7)6(10)11/h3-4,7H,2H2,1H3,(H,8,9)(H,10,11)/t3?,4-/m1/s1. The van der Waals surface area contributed by atoms with E-state index in [9.17, 15) is 9.59 Å². The van der Waals surface area contributed by atoms with Crippen molar-refractivity contribution in [2.24, 2.45) is 5.92 Å². The van der Waals surface area contributed by atoms with Crippen LogP contribution in [0, 0.1) is 5.92 Å². The minimum absolute atomic E-state index is 0.100. The molecule has 0 heterocycles. The third-order valence-electron chi connectivity index (χ3n) is 1.39. The van der Waals surface area contributed by atoms with E-state index < -0.39 is 24.0 Å². The van der Waals surface area contributed by atoms with Crippen LogP contribution in [0.1, 0.15) is 13.3 Å². The van der Waals surface area contributed by atoms with Gasteiger partial charge in [-0.25, -0.2) is 4.79 Å². The molecule has 0 aromatic heterocycles. The molecular weight excluding hydrogens is 152 g/mol. The summed E-state index contributed by atoms with van der Waals surface area (Å²) in [5.74, 6) is -4.01. The molecule has 0 spiro atoms. The minimum Gasteiger partial charge on any atom is -0.481 e. The third kappa shape index (κ3) is 2.55. The first kappa shape index (κ1) is 9.90. The van der Waals surface area contributed by atoms with Gasteiger partial charge in [-0.1, -0.05) is 6.92 Å². The molecule has 0 aromatic rings.